The van der Waals surface area contributed by atoms with Crippen molar-refractivity contribution in [2.24, 2.45) is 0 Å². The van der Waals surface area contributed by atoms with E-state index in [2.05, 4.69) is 0 Å². The van der Waals surface area contributed by atoms with Crippen molar-refractivity contribution in [1.82, 2.24) is 0 Å². The highest BCUT2D eigenvalue weighted by molar-refractivity contribution is 5.82. The standard InChI is InChI=1S/C18H16O4/c1-21-11-13-4-7-17-15(8-13)9-16(18(20)22-17)14-5-2-12(10-19)3-6-14/h2-9,19H,10-11H2,1H3. The predicted octanol–water partition coefficient (Wildman–Crippen LogP) is 3.10. The van der Waals surface area contributed by atoms with Crippen LogP contribution in [0, 0.1) is 0 Å². The van der Waals surface area contributed by atoms with E-state index in [1.54, 1.807) is 25.3 Å². The van der Waals surface area contributed by atoms with Crippen LogP contribution < -0.4 is 5.63 Å². The summed E-state index contributed by atoms with van der Waals surface area (Å²) < 4.78 is 10.5. The van der Waals surface area contributed by atoms with Crippen molar-refractivity contribution in [3.05, 3.63) is 70.1 Å². The molecule has 0 aliphatic heterocycles. The van der Waals surface area contributed by atoms with E-state index >= 15 is 0 Å². The topological polar surface area (TPSA) is 59.7 Å². The second-order valence-corrected chi connectivity index (χ2v) is 5.11. The van der Waals surface area contributed by atoms with Crippen LogP contribution in [0.25, 0.3) is 22.1 Å². The quantitative estimate of drug-likeness (QED) is 0.752. The molecule has 0 fully saturated rings. The zero-order valence-electron chi connectivity index (χ0n) is 12.2. The van der Waals surface area contributed by atoms with Crippen LogP contribution in [0.2, 0.25) is 0 Å². The molecule has 4 nitrogen and oxygen atoms in total. The number of ether oxygens (including phenoxy) is 1. The van der Waals surface area contributed by atoms with Crippen molar-refractivity contribution in [2.45, 2.75) is 13.2 Å². The maximum Gasteiger partial charge on any atom is 0.344 e. The number of aliphatic hydroxyl groups excluding tert-OH is 1. The Morgan fingerprint density at radius 3 is 2.45 bits per heavy atom. The smallest absolute Gasteiger partial charge is 0.344 e. The molecule has 0 saturated heterocycles. The van der Waals surface area contributed by atoms with Gasteiger partial charge in [-0.25, -0.2) is 4.79 Å². The molecular formula is C18H16O4. The van der Waals surface area contributed by atoms with Crippen LogP contribution in [0.15, 0.2) is 57.7 Å². The van der Waals surface area contributed by atoms with Crippen LogP contribution in [0.3, 0.4) is 0 Å². The van der Waals surface area contributed by atoms with Crippen molar-refractivity contribution in [2.75, 3.05) is 7.11 Å². The molecule has 0 aliphatic rings. The average molecular weight is 296 g/mol. The highest BCUT2D eigenvalue weighted by Gasteiger charge is 2.08. The third-order valence-electron chi connectivity index (χ3n) is 3.56. The fourth-order valence-electron chi connectivity index (χ4n) is 2.42. The summed E-state index contributed by atoms with van der Waals surface area (Å²) >= 11 is 0. The molecule has 22 heavy (non-hydrogen) atoms. The summed E-state index contributed by atoms with van der Waals surface area (Å²) in [5.41, 5.74) is 3.28. The molecule has 0 atom stereocenters. The van der Waals surface area contributed by atoms with Gasteiger partial charge in [-0.1, -0.05) is 30.3 Å². The van der Waals surface area contributed by atoms with Gasteiger partial charge >= 0.3 is 5.63 Å². The van der Waals surface area contributed by atoms with Crippen molar-refractivity contribution in [3.8, 4) is 11.1 Å². The largest absolute Gasteiger partial charge is 0.422 e. The van der Waals surface area contributed by atoms with E-state index in [-0.39, 0.29) is 12.2 Å². The molecule has 0 spiro atoms. The van der Waals surface area contributed by atoms with Crippen molar-refractivity contribution in [1.29, 1.82) is 0 Å². The minimum atomic E-state index is -0.372. The molecule has 2 aromatic carbocycles. The maximum atomic E-state index is 12.2. The zero-order chi connectivity index (χ0) is 15.5. The van der Waals surface area contributed by atoms with Crippen LogP contribution in [0.1, 0.15) is 11.1 Å². The van der Waals surface area contributed by atoms with Crippen molar-refractivity contribution < 1.29 is 14.3 Å². The van der Waals surface area contributed by atoms with E-state index in [0.29, 0.717) is 17.8 Å². The maximum absolute atomic E-state index is 12.2. The minimum Gasteiger partial charge on any atom is -0.422 e. The SMILES string of the molecule is COCc1ccc2oc(=O)c(-c3ccc(CO)cc3)cc2c1. The Kier molecular flexibility index (Phi) is 4.04. The second kappa shape index (κ2) is 6.13. The van der Waals surface area contributed by atoms with Gasteiger partial charge in [0.25, 0.3) is 0 Å². The molecule has 1 aromatic heterocycles. The third-order valence-corrected chi connectivity index (χ3v) is 3.56. The first-order valence-electron chi connectivity index (χ1n) is 6.97. The summed E-state index contributed by atoms with van der Waals surface area (Å²) in [5, 5.41) is 9.94. The van der Waals surface area contributed by atoms with Crippen LogP contribution >= 0.6 is 0 Å². The summed E-state index contributed by atoms with van der Waals surface area (Å²) in [6.45, 7) is 0.489. The summed E-state index contributed by atoms with van der Waals surface area (Å²) in [6, 6.07) is 14.6. The number of methoxy groups -OCH3 is 1. The number of fused-ring (bicyclic) bond motifs is 1. The fraction of sp³-hybridized carbons (Fsp3) is 0.167. The summed E-state index contributed by atoms with van der Waals surface area (Å²) in [4.78, 5) is 12.2. The van der Waals surface area contributed by atoms with E-state index in [9.17, 15) is 4.79 Å². The first-order chi connectivity index (χ1) is 10.7. The third kappa shape index (κ3) is 2.79. The number of hydrogen-bond acceptors (Lipinski definition) is 4. The van der Waals surface area contributed by atoms with E-state index in [1.165, 1.54) is 0 Å². The Labute approximate surface area is 127 Å². The Morgan fingerprint density at radius 1 is 1.05 bits per heavy atom. The molecule has 1 N–H and O–H groups in total. The van der Waals surface area contributed by atoms with Gasteiger partial charge in [-0.05, 0) is 34.9 Å². The van der Waals surface area contributed by atoms with Crippen molar-refractivity contribution in [3.63, 3.8) is 0 Å². The van der Waals surface area contributed by atoms with Gasteiger partial charge in [0.05, 0.1) is 18.8 Å². The number of benzene rings is 2. The van der Waals surface area contributed by atoms with Gasteiger partial charge in [0.2, 0.25) is 0 Å². The van der Waals surface area contributed by atoms with Gasteiger partial charge in [-0.15, -0.1) is 0 Å². The second-order valence-electron chi connectivity index (χ2n) is 5.11. The first kappa shape index (κ1) is 14.5. The Balaban J connectivity index is 2.11. The van der Waals surface area contributed by atoms with E-state index < -0.39 is 0 Å². The molecule has 112 valence electrons. The van der Waals surface area contributed by atoms with Gasteiger partial charge in [0.1, 0.15) is 5.58 Å². The van der Waals surface area contributed by atoms with E-state index in [4.69, 9.17) is 14.3 Å². The van der Waals surface area contributed by atoms with Gasteiger partial charge in [-0.3, -0.25) is 0 Å². The zero-order valence-corrected chi connectivity index (χ0v) is 12.2. The highest BCUT2D eigenvalue weighted by atomic mass is 16.5. The predicted molar refractivity (Wildman–Crippen MR) is 84.6 cm³/mol. The highest BCUT2D eigenvalue weighted by Crippen LogP contribution is 2.22. The Bertz CT molecular complexity index is 847. The normalized spacial score (nSPS) is 11.0. The summed E-state index contributed by atoms with van der Waals surface area (Å²) in [6.07, 6.45) is 0. The summed E-state index contributed by atoms with van der Waals surface area (Å²) in [5.74, 6) is 0. The molecule has 0 bridgehead atoms. The lowest BCUT2D eigenvalue weighted by molar-refractivity contribution is 0.185. The number of hydrogen-bond donors (Lipinski definition) is 1. The number of aliphatic hydroxyl groups is 1. The molecule has 0 amide bonds. The minimum absolute atomic E-state index is 0.0208. The van der Waals surface area contributed by atoms with Crippen LogP contribution in [-0.4, -0.2) is 12.2 Å². The van der Waals surface area contributed by atoms with E-state index in [1.807, 2.05) is 30.3 Å². The molecule has 3 aromatic rings. The van der Waals surface area contributed by atoms with Crippen LogP contribution in [0.5, 0.6) is 0 Å². The van der Waals surface area contributed by atoms with Crippen LogP contribution in [0.4, 0.5) is 0 Å². The molecule has 0 radical (unpaired) electrons. The van der Waals surface area contributed by atoms with Crippen LogP contribution in [-0.2, 0) is 18.0 Å². The Hall–Kier alpha value is -2.43. The molecule has 3 rings (SSSR count). The molecule has 0 aliphatic carbocycles. The lowest BCUT2D eigenvalue weighted by Gasteiger charge is -2.05. The molecule has 1 heterocycles. The number of rotatable bonds is 4. The van der Waals surface area contributed by atoms with Gasteiger partial charge in [-0.2, -0.15) is 0 Å². The summed E-state index contributed by atoms with van der Waals surface area (Å²) in [7, 11) is 1.64. The molecule has 0 unspecified atom stereocenters. The first-order valence-corrected chi connectivity index (χ1v) is 6.97. The molecule has 0 saturated carbocycles. The van der Waals surface area contributed by atoms with Gasteiger partial charge < -0.3 is 14.3 Å². The van der Waals surface area contributed by atoms with Gasteiger partial charge in [0, 0.05) is 12.5 Å². The lowest BCUT2D eigenvalue weighted by Crippen LogP contribution is -2.03. The lowest BCUT2D eigenvalue weighted by atomic mass is 10.0. The Morgan fingerprint density at radius 2 is 1.77 bits per heavy atom. The monoisotopic (exact) mass is 296 g/mol. The van der Waals surface area contributed by atoms with Crippen molar-refractivity contribution >= 4 is 11.0 Å². The molecular weight excluding hydrogens is 280 g/mol. The van der Waals surface area contributed by atoms with E-state index in [0.717, 1.165) is 22.1 Å². The molecule has 4 heteroatoms. The van der Waals surface area contributed by atoms with Gasteiger partial charge in [0.15, 0.2) is 0 Å². The average Bonchev–Trinajstić information content (AvgIpc) is 2.55. The fourth-order valence-corrected chi connectivity index (χ4v) is 2.42.